The molecular formula is C7H6F2N2O4S. The van der Waals surface area contributed by atoms with Crippen molar-refractivity contribution in [2.24, 2.45) is 0 Å². The molecule has 1 rings (SSSR count). The van der Waals surface area contributed by atoms with E-state index in [2.05, 4.69) is 0 Å². The average Bonchev–Trinajstić information content (AvgIpc) is 2.07. The Balaban J connectivity index is 3.31. The molecule has 0 fully saturated rings. The second-order valence-corrected chi connectivity index (χ2v) is 4.66. The van der Waals surface area contributed by atoms with Crippen LogP contribution in [0.4, 0.5) is 20.2 Å². The second kappa shape index (κ2) is 4.00. The molecule has 0 atom stereocenters. The molecule has 0 amide bonds. The normalized spacial score (nSPS) is 11.2. The summed E-state index contributed by atoms with van der Waals surface area (Å²) >= 11 is 0. The van der Waals surface area contributed by atoms with Crippen LogP contribution in [0.5, 0.6) is 0 Å². The highest BCUT2D eigenvalue weighted by Crippen LogP contribution is 2.25. The van der Waals surface area contributed by atoms with Crippen molar-refractivity contribution in [3.05, 3.63) is 33.9 Å². The molecule has 0 aliphatic rings. The molecule has 0 saturated heterocycles. The quantitative estimate of drug-likeness (QED) is 0.647. The molecule has 6 nitrogen and oxygen atoms in total. The van der Waals surface area contributed by atoms with Crippen LogP contribution < -0.4 is 4.72 Å². The topological polar surface area (TPSA) is 89.3 Å². The van der Waals surface area contributed by atoms with E-state index in [-0.39, 0.29) is 6.07 Å². The molecule has 1 aromatic rings. The number of nitrogens with one attached hydrogen (secondary N) is 1. The molecule has 88 valence electrons. The smallest absolute Gasteiger partial charge is 0.281 e. The zero-order valence-corrected chi connectivity index (χ0v) is 8.72. The standard InChI is InChI=1S/C7H6F2N2O4S/c1-16(14,15)10-6-3-7(11(12)13)5(9)2-4(6)8/h2-3,10H,1H3. The molecule has 1 aromatic carbocycles. The van der Waals surface area contributed by atoms with Gasteiger partial charge < -0.3 is 0 Å². The summed E-state index contributed by atoms with van der Waals surface area (Å²) in [7, 11) is -3.79. The van der Waals surface area contributed by atoms with Crippen molar-refractivity contribution in [3.8, 4) is 0 Å². The van der Waals surface area contributed by atoms with Crippen molar-refractivity contribution < 1.29 is 22.1 Å². The summed E-state index contributed by atoms with van der Waals surface area (Å²) in [6, 6.07) is 0.720. The lowest BCUT2D eigenvalue weighted by atomic mass is 10.2. The molecule has 0 spiro atoms. The van der Waals surface area contributed by atoms with Crippen molar-refractivity contribution in [3.63, 3.8) is 0 Å². The van der Waals surface area contributed by atoms with Gasteiger partial charge in [0.05, 0.1) is 16.9 Å². The highest BCUT2D eigenvalue weighted by Gasteiger charge is 2.19. The van der Waals surface area contributed by atoms with Crippen molar-refractivity contribution in [1.82, 2.24) is 0 Å². The Hall–Kier alpha value is -1.77. The van der Waals surface area contributed by atoms with Gasteiger partial charge in [0.1, 0.15) is 0 Å². The first kappa shape index (κ1) is 12.3. The maximum Gasteiger partial charge on any atom is 0.307 e. The first-order valence-electron chi connectivity index (χ1n) is 3.82. The van der Waals surface area contributed by atoms with E-state index in [1.165, 1.54) is 0 Å². The Morgan fingerprint density at radius 2 is 1.88 bits per heavy atom. The summed E-state index contributed by atoms with van der Waals surface area (Å²) in [6.45, 7) is 0. The van der Waals surface area contributed by atoms with Gasteiger partial charge in [-0.05, 0) is 0 Å². The SMILES string of the molecule is CS(=O)(=O)Nc1cc([N+](=O)[O-])c(F)cc1F. The summed E-state index contributed by atoms with van der Waals surface area (Å²) in [6.07, 6.45) is 0.738. The number of nitro groups is 1. The third kappa shape index (κ3) is 2.86. The first-order valence-corrected chi connectivity index (χ1v) is 5.71. The highest BCUT2D eigenvalue weighted by atomic mass is 32.2. The molecule has 0 bridgehead atoms. The summed E-state index contributed by atoms with van der Waals surface area (Å²) < 4.78 is 49.1. The summed E-state index contributed by atoms with van der Waals surface area (Å²) in [5.74, 6) is -2.60. The van der Waals surface area contributed by atoms with Crippen molar-refractivity contribution in [1.29, 1.82) is 0 Å². The predicted octanol–water partition coefficient (Wildman–Crippen LogP) is 1.24. The Morgan fingerprint density at radius 3 is 2.31 bits per heavy atom. The Bertz CT molecular complexity index is 544. The summed E-state index contributed by atoms with van der Waals surface area (Å²) in [5.41, 5.74) is -1.68. The molecule has 9 heteroatoms. The Kier molecular flexibility index (Phi) is 3.08. The minimum atomic E-state index is -3.79. The second-order valence-electron chi connectivity index (χ2n) is 2.91. The van der Waals surface area contributed by atoms with Crippen LogP contribution in [0.25, 0.3) is 0 Å². The largest absolute Gasteiger partial charge is 0.307 e. The van der Waals surface area contributed by atoms with E-state index in [1.54, 1.807) is 4.72 Å². The van der Waals surface area contributed by atoms with Gasteiger partial charge in [-0.15, -0.1) is 0 Å². The van der Waals surface area contributed by atoms with Crippen LogP contribution in [0, 0.1) is 21.7 Å². The fourth-order valence-electron chi connectivity index (χ4n) is 0.955. The molecule has 0 aliphatic carbocycles. The van der Waals surface area contributed by atoms with Gasteiger partial charge in [-0.2, -0.15) is 4.39 Å². The fourth-order valence-corrected chi connectivity index (χ4v) is 1.51. The number of nitro benzene ring substituents is 1. The van der Waals surface area contributed by atoms with Crippen LogP contribution in [0.1, 0.15) is 0 Å². The van der Waals surface area contributed by atoms with Crippen LogP contribution in [0.3, 0.4) is 0 Å². The van der Waals surface area contributed by atoms with Gasteiger partial charge in [0.25, 0.3) is 0 Å². The van der Waals surface area contributed by atoms with Gasteiger partial charge >= 0.3 is 5.69 Å². The third-order valence-electron chi connectivity index (χ3n) is 1.53. The molecule has 0 aliphatic heterocycles. The number of hydrogen-bond acceptors (Lipinski definition) is 4. The molecule has 0 saturated carbocycles. The molecule has 16 heavy (non-hydrogen) atoms. The lowest BCUT2D eigenvalue weighted by Gasteiger charge is -2.05. The minimum Gasteiger partial charge on any atom is -0.281 e. The Labute approximate surface area is 89.1 Å². The first-order chi connectivity index (χ1) is 7.20. The maximum atomic E-state index is 13.0. The van der Waals surface area contributed by atoms with Gasteiger partial charge in [-0.25, -0.2) is 12.8 Å². The van der Waals surface area contributed by atoms with Gasteiger partial charge in [0.2, 0.25) is 15.8 Å². The average molecular weight is 252 g/mol. The third-order valence-corrected chi connectivity index (χ3v) is 2.12. The maximum absolute atomic E-state index is 13.0. The molecule has 1 N–H and O–H groups in total. The predicted molar refractivity (Wildman–Crippen MR) is 51.5 cm³/mol. The van der Waals surface area contributed by atoms with E-state index in [1.807, 2.05) is 0 Å². The van der Waals surface area contributed by atoms with Crippen LogP contribution in [0.15, 0.2) is 12.1 Å². The molecule has 0 radical (unpaired) electrons. The Morgan fingerprint density at radius 1 is 1.31 bits per heavy atom. The number of rotatable bonds is 3. The zero-order chi connectivity index (χ0) is 12.5. The van der Waals surface area contributed by atoms with Gasteiger partial charge in [0.15, 0.2) is 5.82 Å². The highest BCUT2D eigenvalue weighted by molar-refractivity contribution is 7.92. The van der Waals surface area contributed by atoms with Gasteiger partial charge in [-0.1, -0.05) is 0 Å². The van der Waals surface area contributed by atoms with E-state index in [9.17, 15) is 27.3 Å². The van der Waals surface area contributed by atoms with E-state index < -0.39 is 38.0 Å². The number of hydrogen-bond donors (Lipinski definition) is 1. The number of halogens is 2. The number of nitrogens with zero attached hydrogens (tertiary/aromatic N) is 1. The summed E-state index contributed by atoms with van der Waals surface area (Å²) in [5, 5.41) is 10.3. The van der Waals surface area contributed by atoms with E-state index in [4.69, 9.17) is 0 Å². The van der Waals surface area contributed by atoms with Crippen molar-refractivity contribution >= 4 is 21.4 Å². The molecular weight excluding hydrogens is 246 g/mol. The van der Waals surface area contributed by atoms with E-state index in [0.717, 1.165) is 6.26 Å². The van der Waals surface area contributed by atoms with Crippen molar-refractivity contribution in [2.45, 2.75) is 0 Å². The number of sulfonamides is 1. The molecule has 0 aromatic heterocycles. The zero-order valence-electron chi connectivity index (χ0n) is 7.90. The number of benzene rings is 1. The fraction of sp³-hybridized carbons (Fsp3) is 0.143. The lowest BCUT2D eigenvalue weighted by Crippen LogP contribution is -2.11. The molecule has 0 unspecified atom stereocenters. The molecule has 0 heterocycles. The van der Waals surface area contributed by atoms with Crippen LogP contribution in [0.2, 0.25) is 0 Å². The van der Waals surface area contributed by atoms with E-state index in [0.29, 0.717) is 6.07 Å². The van der Waals surface area contributed by atoms with Gasteiger partial charge in [-0.3, -0.25) is 14.8 Å². The van der Waals surface area contributed by atoms with Crippen LogP contribution >= 0.6 is 0 Å². The van der Waals surface area contributed by atoms with Crippen LogP contribution in [-0.2, 0) is 10.0 Å². The number of anilines is 1. The van der Waals surface area contributed by atoms with E-state index >= 15 is 0 Å². The monoisotopic (exact) mass is 252 g/mol. The van der Waals surface area contributed by atoms with Crippen molar-refractivity contribution in [2.75, 3.05) is 11.0 Å². The summed E-state index contributed by atoms with van der Waals surface area (Å²) in [4.78, 5) is 9.24. The van der Waals surface area contributed by atoms with Gasteiger partial charge in [0, 0.05) is 12.1 Å². The lowest BCUT2D eigenvalue weighted by molar-refractivity contribution is -0.387. The van der Waals surface area contributed by atoms with Crippen LogP contribution in [-0.4, -0.2) is 19.6 Å². The minimum absolute atomic E-state index is 0.242.